The van der Waals surface area contributed by atoms with Gasteiger partial charge in [-0.15, -0.1) is 0 Å². The van der Waals surface area contributed by atoms with Gasteiger partial charge in [0.05, 0.1) is 18.8 Å². The molecule has 4 heteroatoms. The Bertz CT molecular complexity index is 720. The van der Waals surface area contributed by atoms with Crippen LogP contribution in [-0.4, -0.2) is 38.9 Å². The van der Waals surface area contributed by atoms with Gasteiger partial charge in [-0.2, -0.15) is 0 Å². The van der Waals surface area contributed by atoms with E-state index in [-0.39, 0.29) is 12.6 Å². The van der Waals surface area contributed by atoms with Crippen LogP contribution >= 0.6 is 0 Å². The number of hydrogen-bond acceptors (Lipinski definition) is 4. The maximum absolute atomic E-state index is 11.7. The molecule has 0 unspecified atom stereocenters. The molecule has 1 aliphatic rings. The summed E-state index contributed by atoms with van der Waals surface area (Å²) < 4.78 is 10.8. The summed E-state index contributed by atoms with van der Waals surface area (Å²) in [7, 11) is 0. The molecular formula is C20H23NO3. The van der Waals surface area contributed by atoms with Crippen molar-refractivity contribution in [2.75, 3.05) is 37.8 Å². The number of anilines is 1. The Morgan fingerprint density at radius 1 is 0.958 bits per heavy atom. The summed E-state index contributed by atoms with van der Waals surface area (Å²) in [6.45, 7) is 6.71. The fourth-order valence-corrected chi connectivity index (χ4v) is 2.97. The first kappa shape index (κ1) is 16.5. The van der Waals surface area contributed by atoms with Crippen LogP contribution in [0.5, 0.6) is 0 Å². The van der Waals surface area contributed by atoms with E-state index in [1.165, 1.54) is 16.5 Å². The molecule has 0 spiro atoms. The zero-order valence-electron chi connectivity index (χ0n) is 13.9. The Hall–Kier alpha value is -2.33. The van der Waals surface area contributed by atoms with E-state index in [1.807, 2.05) is 0 Å². The van der Waals surface area contributed by atoms with Gasteiger partial charge >= 0.3 is 5.97 Å². The molecule has 4 nitrogen and oxygen atoms in total. The summed E-state index contributed by atoms with van der Waals surface area (Å²) in [5.41, 5.74) is 1.61. The monoisotopic (exact) mass is 325 g/mol. The molecule has 0 aromatic heterocycles. The Morgan fingerprint density at radius 3 is 2.58 bits per heavy atom. The Balaban J connectivity index is 1.78. The molecule has 3 rings (SSSR count). The van der Waals surface area contributed by atoms with Gasteiger partial charge in [-0.3, -0.25) is 0 Å². The van der Waals surface area contributed by atoms with Crippen LogP contribution in [0.1, 0.15) is 12.8 Å². The smallest absolute Gasteiger partial charge is 0.335 e. The number of benzene rings is 2. The normalized spacial score (nSPS) is 17.9. The Morgan fingerprint density at radius 2 is 1.71 bits per heavy atom. The fourth-order valence-electron chi connectivity index (χ4n) is 2.97. The van der Waals surface area contributed by atoms with Gasteiger partial charge in [0.1, 0.15) is 0 Å². The molecule has 0 saturated carbocycles. The van der Waals surface area contributed by atoms with Gasteiger partial charge in [0.25, 0.3) is 0 Å². The van der Waals surface area contributed by atoms with Crippen molar-refractivity contribution in [3.8, 4) is 0 Å². The van der Waals surface area contributed by atoms with Crippen molar-refractivity contribution >= 4 is 22.4 Å². The predicted octanol–water partition coefficient (Wildman–Crippen LogP) is 3.56. The van der Waals surface area contributed by atoms with Crippen molar-refractivity contribution in [2.45, 2.75) is 12.8 Å². The first-order valence-electron chi connectivity index (χ1n) is 8.41. The highest BCUT2D eigenvalue weighted by molar-refractivity contribution is 5.94. The largest absolute Gasteiger partial charge is 0.462 e. The first-order valence-corrected chi connectivity index (χ1v) is 8.41. The second-order valence-electron chi connectivity index (χ2n) is 5.98. The topological polar surface area (TPSA) is 38.8 Å². The molecule has 126 valence electrons. The molecule has 24 heavy (non-hydrogen) atoms. The molecule has 0 radical (unpaired) electrons. The second kappa shape index (κ2) is 7.97. The lowest BCUT2D eigenvalue weighted by molar-refractivity contribution is -0.139. The molecule has 1 fully saturated rings. The minimum absolute atomic E-state index is 0.243. The zero-order chi connectivity index (χ0) is 16.8. The lowest BCUT2D eigenvalue weighted by Gasteiger charge is -2.27. The zero-order valence-corrected chi connectivity index (χ0v) is 13.9. The molecule has 1 aliphatic heterocycles. The van der Waals surface area contributed by atoms with Crippen LogP contribution < -0.4 is 4.90 Å². The van der Waals surface area contributed by atoms with Crippen LogP contribution in [0.25, 0.3) is 10.8 Å². The predicted molar refractivity (Wildman–Crippen MR) is 96.3 cm³/mol. The van der Waals surface area contributed by atoms with E-state index in [9.17, 15) is 4.79 Å². The standard InChI is InChI=1S/C20H23NO3/c1-16-15-23-13-5-11-21(12-6-14-24-20(16)22)19-10-4-8-17-7-2-3-9-18(17)19/h2-4,7-10H,1,5-6,11-15H2. The number of esters is 1. The highest BCUT2D eigenvalue weighted by Gasteiger charge is 2.13. The van der Waals surface area contributed by atoms with E-state index < -0.39 is 0 Å². The molecule has 0 amide bonds. The minimum Gasteiger partial charge on any atom is -0.462 e. The van der Waals surface area contributed by atoms with Crippen molar-refractivity contribution in [3.05, 3.63) is 54.6 Å². The van der Waals surface area contributed by atoms with Crippen molar-refractivity contribution in [2.24, 2.45) is 0 Å². The molecule has 0 aliphatic carbocycles. The average Bonchev–Trinajstić information content (AvgIpc) is 2.61. The lowest BCUT2D eigenvalue weighted by atomic mass is 10.1. The number of carbonyl (C=O) groups is 1. The van der Waals surface area contributed by atoms with Gasteiger partial charge in [0.15, 0.2) is 0 Å². The maximum atomic E-state index is 11.7. The van der Waals surface area contributed by atoms with Crippen LogP contribution in [0.15, 0.2) is 54.6 Å². The SMILES string of the molecule is C=C1COCCCN(c2cccc3ccccc23)CCCOC1=O. The van der Waals surface area contributed by atoms with Crippen LogP contribution in [0, 0.1) is 0 Å². The van der Waals surface area contributed by atoms with E-state index >= 15 is 0 Å². The second-order valence-corrected chi connectivity index (χ2v) is 5.98. The van der Waals surface area contributed by atoms with Crippen molar-refractivity contribution in [1.82, 2.24) is 0 Å². The van der Waals surface area contributed by atoms with Crippen LogP contribution in [0.4, 0.5) is 5.69 Å². The van der Waals surface area contributed by atoms with Crippen molar-refractivity contribution in [3.63, 3.8) is 0 Å². The maximum Gasteiger partial charge on any atom is 0.335 e. The van der Waals surface area contributed by atoms with E-state index in [0.717, 1.165) is 25.9 Å². The van der Waals surface area contributed by atoms with Crippen LogP contribution in [0.3, 0.4) is 0 Å². The Kier molecular flexibility index (Phi) is 5.49. The summed E-state index contributed by atoms with van der Waals surface area (Å²) in [5.74, 6) is -0.354. The van der Waals surface area contributed by atoms with E-state index in [2.05, 4.69) is 53.9 Å². The number of ether oxygens (including phenoxy) is 2. The van der Waals surface area contributed by atoms with Gasteiger partial charge in [0.2, 0.25) is 0 Å². The number of nitrogens with zero attached hydrogens (tertiary/aromatic N) is 1. The van der Waals surface area contributed by atoms with E-state index in [0.29, 0.717) is 18.8 Å². The molecule has 0 atom stereocenters. The van der Waals surface area contributed by atoms with Gasteiger partial charge < -0.3 is 14.4 Å². The first-order chi connectivity index (χ1) is 11.8. The number of hydrogen-bond donors (Lipinski definition) is 0. The molecule has 0 bridgehead atoms. The molecule has 1 heterocycles. The third kappa shape index (κ3) is 3.95. The summed E-state index contributed by atoms with van der Waals surface area (Å²) in [4.78, 5) is 14.1. The summed E-state index contributed by atoms with van der Waals surface area (Å²) in [5, 5.41) is 2.48. The molecule has 2 aromatic rings. The summed E-state index contributed by atoms with van der Waals surface area (Å²) in [6.07, 6.45) is 1.70. The number of cyclic esters (lactones) is 1. The number of carbonyl (C=O) groups excluding carboxylic acids is 1. The van der Waals surface area contributed by atoms with E-state index in [4.69, 9.17) is 9.47 Å². The average molecular weight is 325 g/mol. The number of rotatable bonds is 1. The quantitative estimate of drug-likeness (QED) is 0.594. The third-order valence-electron chi connectivity index (χ3n) is 4.19. The molecular weight excluding hydrogens is 302 g/mol. The van der Waals surface area contributed by atoms with Crippen molar-refractivity contribution < 1.29 is 14.3 Å². The number of fused-ring (bicyclic) bond motifs is 1. The van der Waals surface area contributed by atoms with Crippen LogP contribution in [-0.2, 0) is 14.3 Å². The summed E-state index contributed by atoms with van der Waals surface area (Å²) >= 11 is 0. The van der Waals surface area contributed by atoms with E-state index in [1.54, 1.807) is 0 Å². The van der Waals surface area contributed by atoms with Crippen LogP contribution in [0.2, 0.25) is 0 Å². The lowest BCUT2D eigenvalue weighted by Crippen LogP contribution is -2.28. The minimum atomic E-state index is -0.354. The van der Waals surface area contributed by atoms with Gasteiger partial charge in [-0.1, -0.05) is 43.0 Å². The van der Waals surface area contributed by atoms with Gasteiger partial charge in [0, 0.05) is 30.8 Å². The molecule has 0 N–H and O–H groups in total. The van der Waals surface area contributed by atoms with Gasteiger partial charge in [-0.25, -0.2) is 4.79 Å². The summed E-state index contributed by atoms with van der Waals surface area (Å²) in [6, 6.07) is 14.8. The third-order valence-corrected chi connectivity index (χ3v) is 4.19. The van der Waals surface area contributed by atoms with Crippen molar-refractivity contribution in [1.29, 1.82) is 0 Å². The van der Waals surface area contributed by atoms with Gasteiger partial charge in [-0.05, 0) is 24.3 Å². The Labute approximate surface area is 142 Å². The molecule has 1 saturated heterocycles. The highest BCUT2D eigenvalue weighted by atomic mass is 16.5. The fraction of sp³-hybridized carbons (Fsp3) is 0.350. The highest BCUT2D eigenvalue weighted by Crippen LogP contribution is 2.27. The molecule has 2 aromatic carbocycles.